The zero-order valence-corrected chi connectivity index (χ0v) is 10.5. The fourth-order valence-corrected chi connectivity index (χ4v) is 2.24. The monoisotopic (exact) mass is 266 g/mol. The summed E-state index contributed by atoms with van der Waals surface area (Å²) in [5, 5.41) is 0. The highest BCUT2D eigenvalue weighted by atomic mass is 35.5. The van der Waals surface area contributed by atoms with Crippen molar-refractivity contribution in [1.82, 2.24) is 0 Å². The second-order valence-corrected chi connectivity index (χ2v) is 4.51. The lowest BCUT2D eigenvalue weighted by atomic mass is 9.93. The normalized spacial score (nSPS) is 12.4. The summed E-state index contributed by atoms with van der Waals surface area (Å²) in [5.41, 5.74) is 1.40. The topological polar surface area (TPSA) is 0 Å². The Morgan fingerprint density at radius 3 is 2.44 bits per heavy atom. The fraction of sp³-hybridized carbons (Fsp3) is 0.200. The second kappa shape index (κ2) is 5.96. The van der Waals surface area contributed by atoms with Crippen molar-refractivity contribution in [1.29, 1.82) is 0 Å². The average Bonchev–Trinajstić information content (AvgIpc) is 2.38. The van der Waals surface area contributed by atoms with Crippen LogP contribution in [0.5, 0.6) is 0 Å². The van der Waals surface area contributed by atoms with Gasteiger partial charge in [0.05, 0.1) is 0 Å². The Labute approximate surface area is 110 Å². The van der Waals surface area contributed by atoms with Crippen molar-refractivity contribution in [2.75, 3.05) is 5.88 Å². The van der Waals surface area contributed by atoms with Crippen LogP contribution < -0.4 is 0 Å². The predicted molar refractivity (Wildman–Crippen MR) is 70.0 cm³/mol. The van der Waals surface area contributed by atoms with Crippen LogP contribution in [0.3, 0.4) is 0 Å². The third-order valence-corrected chi connectivity index (χ3v) is 3.30. The third-order valence-electron chi connectivity index (χ3n) is 2.93. The van der Waals surface area contributed by atoms with Crippen molar-refractivity contribution >= 4 is 11.6 Å². The van der Waals surface area contributed by atoms with Gasteiger partial charge in [-0.1, -0.05) is 30.3 Å². The second-order valence-electron chi connectivity index (χ2n) is 4.20. The molecule has 0 spiro atoms. The van der Waals surface area contributed by atoms with Crippen molar-refractivity contribution in [2.24, 2.45) is 0 Å². The summed E-state index contributed by atoms with van der Waals surface area (Å²) >= 11 is 5.91. The van der Waals surface area contributed by atoms with E-state index in [0.29, 0.717) is 17.9 Å². The molecule has 0 saturated carbocycles. The summed E-state index contributed by atoms with van der Waals surface area (Å²) in [7, 11) is 0. The first kappa shape index (κ1) is 13.0. The molecule has 0 saturated heterocycles. The molecule has 0 nitrogen and oxygen atoms in total. The fourth-order valence-electron chi connectivity index (χ4n) is 1.95. The van der Waals surface area contributed by atoms with Gasteiger partial charge in [0.15, 0.2) is 0 Å². The zero-order valence-electron chi connectivity index (χ0n) is 9.74. The molecule has 0 N–H and O–H groups in total. The minimum absolute atomic E-state index is 0.0840. The maximum atomic E-state index is 13.6. The molecule has 0 aromatic heterocycles. The molecule has 0 radical (unpaired) electrons. The Morgan fingerprint density at radius 2 is 1.78 bits per heavy atom. The van der Waals surface area contributed by atoms with Gasteiger partial charge in [-0.25, -0.2) is 8.78 Å². The number of benzene rings is 2. The van der Waals surface area contributed by atoms with Crippen molar-refractivity contribution in [2.45, 2.75) is 12.3 Å². The van der Waals surface area contributed by atoms with Crippen LogP contribution in [0.25, 0.3) is 0 Å². The molecule has 1 unspecified atom stereocenters. The third kappa shape index (κ3) is 3.08. The largest absolute Gasteiger partial charge is 0.207 e. The summed E-state index contributed by atoms with van der Waals surface area (Å²) in [6, 6.07) is 12.9. The molecular formula is C15H13ClF2. The smallest absolute Gasteiger partial charge is 0.126 e. The zero-order chi connectivity index (χ0) is 13.0. The van der Waals surface area contributed by atoms with Crippen LogP contribution in [0.4, 0.5) is 8.78 Å². The first-order valence-corrected chi connectivity index (χ1v) is 6.29. The summed E-state index contributed by atoms with van der Waals surface area (Å²) < 4.78 is 26.7. The summed E-state index contributed by atoms with van der Waals surface area (Å²) in [6.45, 7) is 0. The van der Waals surface area contributed by atoms with Crippen LogP contribution in [-0.4, -0.2) is 5.88 Å². The van der Waals surface area contributed by atoms with Crippen LogP contribution in [0.1, 0.15) is 17.0 Å². The highest BCUT2D eigenvalue weighted by Crippen LogP contribution is 2.24. The van der Waals surface area contributed by atoms with E-state index < -0.39 is 0 Å². The van der Waals surface area contributed by atoms with Gasteiger partial charge in [-0.2, -0.15) is 0 Å². The number of rotatable bonds is 4. The maximum absolute atomic E-state index is 13.6. The maximum Gasteiger partial charge on any atom is 0.126 e. The Morgan fingerprint density at radius 1 is 1.00 bits per heavy atom. The van der Waals surface area contributed by atoms with Crippen molar-refractivity contribution in [3.8, 4) is 0 Å². The lowest BCUT2D eigenvalue weighted by molar-refractivity contribution is 0.595. The van der Waals surface area contributed by atoms with E-state index in [1.807, 2.05) is 6.07 Å². The molecule has 1 atom stereocenters. The molecule has 2 rings (SSSR count). The van der Waals surface area contributed by atoms with Crippen LogP contribution in [0, 0.1) is 11.6 Å². The molecule has 0 amide bonds. The molecule has 0 heterocycles. The minimum atomic E-state index is -0.295. The molecule has 2 aromatic carbocycles. The highest BCUT2D eigenvalue weighted by molar-refractivity contribution is 6.18. The van der Waals surface area contributed by atoms with Gasteiger partial charge in [-0.05, 0) is 35.7 Å². The molecule has 0 fully saturated rings. The van der Waals surface area contributed by atoms with Crippen molar-refractivity contribution in [3.05, 3.63) is 71.3 Å². The lowest BCUT2D eigenvalue weighted by Gasteiger charge is -2.15. The number of hydrogen-bond donors (Lipinski definition) is 0. The first-order chi connectivity index (χ1) is 8.70. The van der Waals surface area contributed by atoms with E-state index in [1.165, 1.54) is 18.2 Å². The van der Waals surface area contributed by atoms with Gasteiger partial charge in [0.2, 0.25) is 0 Å². The number of hydrogen-bond acceptors (Lipinski definition) is 0. The average molecular weight is 267 g/mol. The van der Waals surface area contributed by atoms with Crippen LogP contribution in [0.2, 0.25) is 0 Å². The van der Waals surface area contributed by atoms with E-state index in [0.717, 1.165) is 5.56 Å². The number of alkyl halides is 1. The van der Waals surface area contributed by atoms with Crippen LogP contribution in [-0.2, 0) is 6.42 Å². The molecular weight excluding hydrogens is 254 g/mol. The summed E-state index contributed by atoms with van der Waals surface area (Å²) in [5.74, 6) is -0.294. The van der Waals surface area contributed by atoms with Gasteiger partial charge in [-0.15, -0.1) is 11.6 Å². The molecule has 18 heavy (non-hydrogen) atoms. The Balaban J connectivity index is 2.23. The Hall–Kier alpha value is -1.41. The molecule has 0 bridgehead atoms. The standard InChI is InChI=1S/C15H13ClF2/c16-10-13(11-5-3-6-14(17)9-11)8-12-4-1-2-7-15(12)18/h1-7,9,13H,8,10H2. The van der Waals surface area contributed by atoms with E-state index in [1.54, 1.807) is 24.3 Å². The van der Waals surface area contributed by atoms with Crippen LogP contribution >= 0.6 is 11.6 Å². The summed E-state index contributed by atoms with van der Waals surface area (Å²) in [6.07, 6.45) is 0.472. The van der Waals surface area contributed by atoms with Gasteiger partial charge in [0.1, 0.15) is 11.6 Å². The SMILES string of the molecule is Fc1cccc(C(CCl)Cc2ccccc2F)c1. The molecule has 0 aliphatic carbocycles. The predicted octanol–water partition coefficient (Wildman–Crippen LogP) is 4.53. The summed E-state index contributed by atoms with van der Waals surface area (Å²) in [4.78, 5) is 0. The van der Waals surface area contributed by atoms with Crippen molar-refractivity contribution < 1.29 is 8.78 Å². The molecule has 94 valence electrons. The Kier molecular flexibility index (Phi) is 4.32. The van der Waals surface area contributed by atoms with E-state index in [9.17, 15) is 8.78 Å². The van der Waals surface area contributed by atoms with E-state index in [-0.39, 0.29) is 17.6 Å². The molecule has 0 aliphatic rings. The highest BCUT2D eigenvalue weighted by Gasteiger charge is 2.14. The van der Waals surface area contributed by atoms with Gasteiger partial charge < -0.3 is 0 Å². The van der Waals surface area contributed by atoms with E-state index >= 15 is 0 Å². The number of halogens is 3. The molecule has 0 aliphatic heterocycles. The van der Waals surface area contributed by atoms with E-state index in [4.69, 9.17) is 11.6 Å². The minimum Gasteiger partial charge on any atom is -0.207 e. The van der Waals surface area contributed by atoms with Gasteiger partial charge in [-0.3, -0.25) is 0 Å². The van der Waals surface area contributed by atoms with Gasteiger partial charge >= 0.3 is 0 Å². The molecule has 3 heteroatoms. The lowest BCUT2D eigenvalue weighted by Crippen LogP contribution is -2.06. The quantitative estimate of drug-likeness (QED) is 0.713. The molecule has 2 aromatic rings. The Bertz CT molecular complexity index is 525. The van der Waals surface area contributed by atoms with E-state index in [2.05, 4.69) is 0 Å². The van der Waals surface area contributed by atoms with Gasteiger partial charge in [0, 0.05) is 11.8 Å². The van der Waals surface area contributed by atoms with Crippen molar-refractivity contribution in [3.63, 3.8) is 0 Å². The van der Waals surface area contributed by atoms with Crippen LogP contribution in [0.15, 0.2) is 48.5 Å². The first-order valence-electron chi connectivity index (χ1n) is 5.75. The van der Waals surface area contributed by atoms with Gasteiger partial charge in [0.25, 0.3) is 0 Å².